The monoisotopic (exact) mass is 242 g/mol. The summed E-state index contributed by atoms with van der Waals surface area (Å²) in [7, 11) is 1.70. The van der Waals surface area contributed by atoms with Gasteiger partial charge in [0, 0.05) is 7.11 Å². The molecule has 2 unspecified atom stereocenters. The fourth-order valence-electron chi connectivity index (χ4n) is 2.39. The molecular weight excluding hydrogens is 216 g/mol. The Labute approximate surface area is 105 Å². The van der Waals surface area contributed by atoms with Crippen molar-refractivity contribution in [1.82, 2.24) is 10.2 Å². The lowest BCUT2D eigenvalue weighted by Gasteiger charge is -2.35. The van der Waals surface area contributed by atoms with Crippen LogP contribution in [-0.2, 0) is 9.53 Å². The van der Waals surface area contributed by atoms with Crippen molar-refractivity contribution >= 4 is 5.91 Å². The van der Waals surface area contributed by atoms with Crippen LogP contribution in [0.1, 0.15) is 34.1 Å². The van der Waals surface area contributed by atoms with Gasteiger partial charge in [-0.1, -0.05) is 27.7 Å². The number of hydrogen-bond acceptors (Lipinski definition) is 3. The van der Waals surface area contributed by atoms with E-state index in [-0.39, 0.29) is 18.1 Å². The summed E-state index contributed by atoms with van der Waals surface area (Å²) < 4.78 is 5.26. The van der Waals surface area contributed by atoms with Crippen LogP contribution in [-0.4, -0.2) is 43.3 Å². The molecule has 0 bridgehead atoms. The van der Waals surface area contributed by atoms with Crippen LogP contribution in [0.25, 0.3) is 0 Å². The molecule has 1 rings (SSSR count). The molecule has 2 atom stereocenters. The minimum Gasteiger partial charge on any atom is -0.383 e. The standard InChI is InChI=1S/C13H26N2O2/c1-9(2)6-12-14-7-13(16)15(12)11(8-17-5)10(3)4/h9-12,14H,6-8H2,1-5H3. The molecule has 1 N–H and O–H groups in total. The van der Waals surface area contributed by atoms with Crippen molar-refractivity contribution in [3.8, 4) is 0 Å². The van der Waals surface area contributed by atoms with Gasteiger partial charge in [0.1, 0.15) is 0 Å². The number of rotatable bonds is 6. The maximum atomic E-state index is 12.0. The Morgan fingerprint density at radius 1 is 1.41 bits per heavy atom. The van der Waals surface area contributed by atoms with Gasteiger partial charge in [-0.2, -0.15) is 0 Å². The molecular formula is C13H26N2O2. The quantitative estimate of drug-likeness (QED) is 0.766. The van der Waals surface area contributed by atoms with Crippen LogP contribution in [0.4, 0.5) is 0 Å². The van der Waals surface area contributed by atoms with Crippen molar-refractivity contribution in [3.05, 3.63) is 0 Å². The van der Waals surface area contributed by atoms with Gasteiger partial charge in [-0.3, -0.25) is 10.1 Å². The van der Waals surface area contributed by atoms with E-state index in [0.717, 1.165) is 6.42 Å². The fraction of sp³-hybridized carbons (Fsp3) is 0.923. The van der Waals surface area contributed by atoms with Gasteiger partial charge >= 0.3 is 0 Å². The topological polar surface area (TPSA) is 41.6 Å². The van der Waals surface area contributed by atoms with Crippen LogP contribution in [0.3, 0.4) is 0 Å². The summed E-state index contributed by atoms with van der Waals surface area (Å²) in [5.41, 5.74) is 0. The van der Waals surface area contributed by atoms with Crippen molar-refractivity contribution in [1.29, 1.82) is 0 Å². The summed E-state index contributed by atoms with van der Waals surface area (Å²) in [5, 5.41) is 3.30. The van der Waals surface area contributed by atoms with Gasteiger partial charge in [0.15, 0.2) is 0 Å². The Kier molecular flexibility index (Phi) is 5.40. The highest BCUT2D eigenvalue weighted by molar-refractivity contribution is 5.81. The van der Waals surface area contributed by atoms with Gasteiger partial charge < -0.3 is 9.64 Å². The van der Waals surface area contributed by atoms with E-state index in [4.69, 9.17) is 4.74 Å². The van der Waals surface area contributed by atoms with Gasteiger partial charge in [0.2, 0.25) is 5.91 Å². The Hall–Kier alpha value is -0.610. The second-order valence-corrected chi connectivity index (χ2v) is 5.59. The van der Waals surface area contributed by atoms with Crippen molar-refractivity contribution in [3.63, 3.8) is 0 Å². The number of nitrogens with zero attached hydrogens (tertiary/aromatic N) is 1. The van der Waals surface area contributed by atoms with Crippen LogP contribution >= 0.6 is 0 Å². The Morgan fingerprint density at radius 2 is 2.06 bits per heavy atom. The van der Waals surface area contributed by atoms with Gasteiger partial charge in [-0.25, -0.2) is 0 Å². The summed E-state index contributed by atoms with van der Waals surface area (Å²) in [6.07, 6.45) is 1.17. The molecule has 0 radical (unpaired) electrons. The van der Waals surface area contributed by atoms with E-state index in [1.165, 1.54) is 0 Å². The van der Waals surface area contributed by atoms with Gasteiger partial charge in [-0.15, -0.1) is 0 Å². The molecule has 0 aromatic heterocycles. The third-order valence-electron chi connectivity index (χ3n) is 3.27. The summed E-state index contributed by atoms with van der Waals surface area (Å²) in [5.74, 6) is 1.19. The molecule has 0 aliphatic carbocycles. The molecule has 1 amide bonds. The fourth-order valence-corrected chi connectivity index (χ4v) is 2.39. The molecule has 1 aliphatic heterocycles. The number of carbonyl (C=O) groups excluding carboxylic acids is 1. The van der Waals surface area contributed by atoms with Crippen LogP contribution in [0.2, 0.25) is 0 Å². The SMILES string of the molecule is COCC(C(C)C)N1C(=O)CNC1CC(C)C. The van der Waals surface area contributed by atoms with Crippen LogP contribution in [0.5, 0.6) is 0 Å². The molecule has 1 saturated heterocycles. The Balaban J connectivity index is 2.77. The second-order valence-electron chi connectivity index (χ2n) is 5.59. The number of ether oxygens (including phenoxy) is 1. The zero-order valence-corrected chi connectivity index (χ0v) is 11.7. The molecule has 1 aliphatic rings. The summed E-state index contributed by atoms with van der Waals surface area (Å²) in [4.78, 5) is 14.0. The van der Waals surface area contributed by atoms with Crippen LogP contribution < -0.4 is 5.32 Å². The first-order valence-electron chi connectivity index (χ1n) is 6.50. The van der Waals surface area contributed by atoms with E-state index in [0.29, 0.717) is 25.0 Å². The smallest absolute Gasteiger partial charge is 0.238 e. The van der Waals surface area contributed by atoms with E-state index in [1.807, 2.05) is 4.90 Å². The molecule has 1 fully saturated rings. The molecule has 0 spiro atoms. The zero-order valence-electron chi connectivity index (χ0n) is 11.7. The minimum atomic E-state index is 0.171. The third-order valence-corrected chi connectivity index (χ3v) is 3.27. The lowest BCUT2D eigenvalue weighted by molar-refractivity contribution is -0.132. The van der Waals surface area contributed by atoms with E-state index in [2.05, 4.69) is 33.0 Å². The first-order valence-corrected chi connectivity index (χ1v) is 6.50. The zero-order chi connectivity index (χ0) is 13.0. The van der Waals surface area contributed by atoms with Gasteiger partial charge in [0.25, 0.3) is 0 Å². The van der Waals surface area contributed by atoms with E-state index in [9.17, 15) is 4.79 Å². The Morgan fingerprint density at radius 3 is 2.53 bits per heavy atom. The molecule has 0 aromatic carbocycles. The molecule has 100 valence electrons. The molecule has 0 saturated carbocycles. The average molecular weight is 242 g/mol. The molecule has 1 heterocycles. The van der Waals surface area contributed by atoms with E-state index < -0.39 is 0 Å². The van der Waals surface area contributed by atoms with E-state index >= 15 is 0 Å². The summed E-state index contributed by atoms with van der Waals surface area (Å²) in [6.45, 7) is 9.72. The lowest BCUT2D eigenvalue weighted by atomic mass is 10.0. The molecule has 4 heteroatoms. The second kappa shape index (κ2) is 6.36. The van der Waals surface area contributed by atoms with Crippen molar-refractivity contribution in [2.45, 2.75) is 46.3 Å². The van der Waals surface area contributed by atoms with Crippen molar-refractivity contribution in [2.24, 2.45) is 11.8 Å². The molecule has 17 heavy (non-hydrogen) atoms. The maximum absolute atomic E-state index is 12.0. The first kappa shape index (κ1) is 14.5. The lowest BCUT2D eigenvalue weighted by Crippen LogP contribution is -2.49. The number of methoxy groups -OCH3 is 1. The summed E-state index contributed by atoms with van der Waals surface area (Å²) >= 11 is 0. The summed E-state index contributed by atoms with van der Waals surface area (Å²) in [6, 6.07) is 0.172. The first-order chi connectivity index (χ1) is 7.97. The highest BCUT2D eigenvalue weighted by atomic mass is 16.5. The van der Waals surface area contributed by atoms with Crippen LogP contribution in [0.15, 0.2) is 0 Å². The predicted molar refractivity (Wildman–Crippen MR) is 68.6 cm³/mol. The van der Waals surface area contributed by atoms with Gasteiger partial charge in [0.05, 0.1) is 25.4 Å². The number of nitrogens with one attached hydrogen (secondary N) is 1. The highest BCUT2D eigenvalue weighted by Gasteiger charge is 2.37. The predicted octanol–water partition coefficient (Wildman–Crippen LogP) is 1.46. The van der Waals surface area contributed by atoms with Crippen LogP contribution in [0, 0.1) is 11.8 Å². The Bertz CT molecular complexity index is 254. The molecule has 0 aromatic rings. The minimum absolute atomic E-state index is 0.171. The van der Waals surface area contributed by atoms with Crippen molar-refractivity contribution < 1.29 is 9.53 Å². The van der Waals surface area contributed by atoms with Crippen molar-refractivity contribution in [2.75, 3.05) is 20.3 Å². The highest BCUT2D eigenvalue weighted by Crippen LogP contribution is 2.21. The number of hydrogen-bond donors (Lipinski definition) is 1. The average Bonchev–Trinajstić information content (AvgIpc) is 2.55. The normalized spacial score (nSPS) is 22.9. The number of carbonyl (C=O) groups is 1. The maximum Gasteiger partial charge on any atom is 0.238 e. The van der Waals surface area contributed by atoms with Gasteiger partial charge in [-0.05, 0) is 18.3 Å². The third kappa shape index (κ3) is 3.68. The molecule has 4 nitrogen and oxygen atoms in total. The van der Waals surface area contributed by atoms with E-state index in [1.54, 1.807) is 7.11 Å². The number of amides is 1. The largest absolute Gasteiger partial charge is 0.383 e.